The van der Waals surface area contributed by atoms with Crippen molar-refractivity contribution in [1.82, 2.24) is 15.2 Å². The molecule has 0 spiro atoms. The number of aromatic nitrogens is 1. The summed E-state index contributed by atoms with van der Waals surface area (Å²) in [5.74, 6) is 1.22. The standard InChI is InChI=1S/C22H27N3O2S/c26-22(19-7-4-10-27-19)24-21-16-8-9-17(21)12-25(11-16)13-20-23-18(14-28-20)15-5-2-1-3-6-15/h1-3,5-6,14,16-17,19,21H,4,7-13H2,(H,24,26)/t16-,17+,19?,21?. The van der Waals surface area contributed by atoms with Gasteiger partial charge in [0.1, 0.15) is 11.1 Å². The molecule has 2 aromatic rings. The number of hydrogen-bond acceptors (Lipinski definition) is 5. The number of nitrogens with one attached hydrogen (secondary N) is 1. The van der Waals surface area contributed by atoms with Crippen LogP contribution >= 0.6 is 11.3 Å². The lowest BCUT2D eigenvalue weighted by molar-refractivity contribution is -0.131. The van der Waals surface area contributed by atoms with Crippen LogP contribution in [0.4, 0.5) is 0 Å². The molecule has 5 rings (SSSR count). The number of nitrogens with zero attached hydrogens (tertiary/aromatic N) is 2. The molecule has 1 aliphatic carbocycles. The summed E-state index contributed by atoms with van der Waals surface area (Å²) in [6, 6.07) is 10.7. The minimum absolute atomic E-state index is 0.111. The Labute approximate surface area is 170 Å². The Balaban J connectivity index is 1.19. The van der Waals surface area contributed by atoms with Gasteiger partial charge in [-0.1, -0.05) is 30.3 Å². The number of benzene rings is 1. The number of carbonyl (C=O) groups is 1. The first-order valence-electron chi connectivity index (χ1n) is 10.4. The average molecular weight is 398 g/mol. The molecule has 28 heavy (non-hydrogen) atoms. The topological polar surface area (TPSA) is 54.5 Å². The van der Waals surface area contributed by atoms with Crippen LogP contribution in [0.2, 0.25) is 0 Å². The average Bonchev–Trinajstić information content (AvgIpc) is 3.44. The fourth-order valence-corrected chi connectivity index (χ4v) is 5.89. The normalized spacial score (nSPS) is 29.9. The van der Waals surface area contributed by atoms with Gasteiger partial charge in [0.25, 0.3) is 0 Å². The number of rotatable bonds is 5. The molecule has 0 radical (unpaired) electrons. The van der Waals surface area contributed by atoms with E-state index in [0.29, 0.717) is 17.9 Å². The van der Waals surface area contributed by atoms with E-state index in [2.05, 4.69) is 39.9 Å². The monoisotopic (exact) mass is 397 g/mol. The van der Waals surface area contributed by atoms with E-state index in [4.69, 9.17) is 9.72 Å². The summed E-state index contributed by atoms with van der Waals surface area (Å²) < 4.78 is 5.56. The van der Waals surface area contributed by atoms with Crippen LogP contribution in [0.3, 0.4) is 0 Å². The van der Waals surface area contributed by atoms with Gasteiger partial charge in [-0.2, -0.15) is 0 Å². The van der Waals surface area contributed by atoms with Crippen molar-refractivity contribution in [2.75, 3.05) is 19.7 Å². The van der Waals surface area contributed by atoms with Crippen molar-refractivity contribution in [3.8, 4) is 11.3 Å². The van der Waals surface area contributed by atoms with Crippen molar-refractivity contribution in [1.29, 1.82) is 0 Å². The SMILES string of the molecule is O=C(NC1[C@@H]2CC[C@H]1CN(Cc1nc(-c3ccccc3)cs1)C2)C1CCCO1. The van der Waals surface area contributed by atoms with Gasteiger partial charge in [-0.25, -0.2) is 4.98 Å². The third kappa shape index (κ3) is 3.73. The minimum atomic E-state index is -0.218. The van der Waals surface area contributed by atoms with Crippen LogP contribution in [0.25, 0.3) is 11.3 Å². The maximum Gasteiger partial charge on any atom is 0.249 e. The molecule has 5 nitrogen and oxygen atoms in total. The van der Waals surface area contributed by atoms with Crippen LogP contribution in [0.15, 0.2) is 35.7 Å². The quantitative estimate of drug-likeness (QED) is 0.841. The van der Waals surface area contributed by atoms with E-state index in [0.717, 1.165) is 44.8 Å². The minimum Gasteiger partial charge on any atom is -0.368 e. The van der Waals surface area contributed by atoms with Crippen LogP contribution in [0.1, 0.15) is 30.7 Å². The van der Waals surface area contributed by atoms with E-state index in [-0.39, 0.29) is 12.0 Å². The zero-order chi connectivity index (χ0) is 18.9. The van der Waals surface area contributed by atoms with Crippen molar-refractivity contribution in [2.24, 2.45) is 11.8 Å². The highest BCUT2D eigenvalue weighted by Crippen LogP contribution is 2.38. The number of carbonyl (C=O) groups excluding carboxylic acids is 1. The van der Waals surface area contributed by atoms with Gasteiger partial charge in [-0.05, 0) is 37.5 Å². The summed E-state index contributed by atoms with van der Waals surface area (Å²) in [7, 11) is 0. The molecule has 148 valence electrons. The number of amides is 1. The highest BCUT2D eigenvalue weighted by molar-refractivity contribution is 7.09. The maximum atomic E-state index is 12.5. The van der Waals surface area contributed by atoms with Crippen molar-refractivity contribution >= 4 is 17.2 Å². The van der Waals surface area contributed by atoms with Crippen molar-refractivity contribution in [3.63, 3.8) is 0 Å². The Kier molecular flexibility index (Phi) is 5.18. The molecule has 1 amide bonds. The van der Waals surface area contributed by atoms with Gasteiger partial charge >= 0.3 is 0 Å². The molecule has 1 N–H and O–H groups in total. The molecule has 1 saturated carbocycles. The van der Waals surface area contributed by atoms with Crippen LogP contribution in [0, 0.1) is 11.8 Å². The summed E-state index contributed by atoms with van der Waals surface area (Å²) >= 11 is 1.75. The van der Waals surface area contributed by atoms with Gasteiger partial charge in [0, 0.05) is 36.7 Å². The number of thiazole rings is 1. The van der Waals surface area contributed by atoms with Gasteiger partial charge in [0.15, 0.2) is 0 Å². The number of ether oxygens (including phenoxy) is 1. The summed E-state index contributed by atoms with van der Waals surface area (Å²) in [6.45, 7) is 3.74. The zero-order valence-corrected chi connectivity index (χ0v) is 16.9. The molecular weight excluding hydrogens is 370 g/mol. The van der Waals surface area contributed by atoms with Gasteiger partial charge in [0.2, 0.25) is 5.91 Å². The molecule has 2 bridgehead atoms. The number of likely N-dealkylation sites (tertiary alicyclic amines) is 1. The second-order valence-corrected chi connectivity index (χ2v) is 9.26. The summed E-state index contributed by atoms with van der Waals surface area (Å²) in [5.41, 5.74) is 2.25. The molecule has 4 atom stereocenters. The zero-order valence-electron chi connectivity index (χ0n) is 16.0. The van der Waals surface area contributed by atoms with E-state index in [1.807, 2.05) is 6.07 Å². The number of hydrogen-bond donors (Lipinski definition) is 1. The first kappa shape index (κ1) is 18.3. The molecule has 2 unspecified atom stereocenters. The Bertz CT molecular complexity index is 804. The fourth-order valence-electron chi connectivity index (χ4n) is 5.04. The Morgan fingerprint density at radius 3 is 2.68 bits per heavy atom. The van der Waals surface area contributed by atoms with Crippen molar-refractivity contribution in [3.05, 3.63) is 40.7 Å². The van der Waals surface area contributed by atoms with E-state index in [1.54, 1.807) is 11.3 Å². The molecule has 6 heteroatoms. The molecule has 3 fully saturated rings. The molecule has 2 aliphatic heterocycles. The lowest BCUT2D eigenvalue weighted by atomic mass is 9.92. The Hall–Kier alpha value is -1.76. The van der Waals surface area contributed by atoms with Crippen molar-refractivity contribution in [2.45, 2.75) is 44.4 Å². The fraction of sp³-hybridized carbons (Fsp3) is 0.545. The number of fused-ring (bicyclic) bond motifs is 2. The predicted molar refractivity (Wildman–Crippen MR) is 110 cm³/mol. The van der Waals surface area contributed by atoms with Crippen molar-refractivity contribution < 1.29 is 9.53 Å². The molecule has 1 aromatic carbocycles. The highest BCUT2D eigenvalue weighted by atomic mass is 32.1. The lowest BCUT2D eigenvalue weighted by Crippen LogP contribution is -2.54. The number of piperidine rings is 1. The van der Waals surface area contributed by atoms with Gasteiger partial charge < -0.3 is 10.1 Å². The Morgan fingerprint density at radius 2 is 1.96 bits per heavy atom. The highest BCUT2D eigenvalue weighted by Gasteiger charge is 2.43. The Morgan fingerprint density at radius 1 is 1.18 bits per heavy atom. The molecule has 3 aliphatic rings. The van der Waals surface area contributed by atoms with E-state index < -0.39 is 0 Å². The van der Waals surface area contributed by atoms with E-state index in [1.165, 1.54) is 23.4 Å². The summed E-state index contributed by atoms with van der Waals surface area (Å²) in [6.07, 6.45) is 4.08. The third-order valence-corrected chi connectivity index (χ3v) is 7.25. The first-order valence-corrected chi connectivity index (χ1v) is 11.3. The summed E-state index contributed by atoms with van der Waals surface area (Å²) in [4.78, 5) is 19.9. The second kappa shape index (κ2) is 7.93. The van der Waals surface area contributed by atoms with Gasteiger partial charge in [-0.3, -0.25) is 9.69 Å². The van der Waals surface area contributed by atoms with Crippen LogP contribution in [-0.2, 0) is 16.1 Å². The van der Waals surface area contributed by atoms with Crippen LogP contribution in [0.5, 0.6) is 0 Å². The lowest BCUT2D eigenvalue weighted by Gasteiger charge is -2.38. The van der Waals surface area contributed by atoms with E-state index >= 15 is 0 Å². The predicted octanol–water partition coefficient (Wildman–Crippen LogP) is 3.32. The van der Waals surface area contributed by atoms with Crippen LogP contribution in [-0.4, -0.2) is 47.6 Å². The molecule has 1 aromatic heterocycles. The molecule has 2 saturated heterocycles. The van der Waals surface area contributed by atoms with Crippen LogP contribution < -0.4 is 5.32 Å². The van der Waals surface area contributed by atoms with Gasteiger partial charge in [-0.15, -0.1) is 11.3 Å². The first-order chi connectivity index (χ1) is 13.8. The largest absolute Gasteiger partial charge is 0.368 e. The van der Waals surface area contributed by atoms with Gasteiger partial charge in [0.05, 0.1) is 12.2 Å². The molecular formula is C22H27N3O2S. The summed E-state index contributed by atoms with van der Waals surface area (Å²) in [5, 5.41) is 6.67. The third-order valence-electron chi connectivity index (χ3n) is 6.42. The second-order valence-electron chi connectivity index (χ2n) is 8.32. The van der Waals surface area contributed by atoms with E-state index in [9.17, 15) is 4.79 Å². The smallest absolute Gasteiger partial charge is 0.249 e. The maximum absolute atomic E-state index is 12.5. The molecule has 3 heterocycles.